The van der Waals surface area contributed by atoms with Crippen molar-refractivity contribution in [3.05, 3.63) is 111 Å². The zero-order chi connectivity index (χ0) is 75.4. The Bertz CT molecular complexity index is 3730. The number of unbranched alkanes of at least 4 members (excludes halogenated alkanes) is 1. The van der Waals surface area contributed by atoms with Gasteiger partial charge < -0.3 is 50.1 Å². The standard InChI is InChI=1S/C74H102F2N7O19P/c1-11-12-17-57(79-63(86)38-46(2)51-23-25-53(26-24-51)74(75,76)103(94,101-44-99-69(91)72(4,5)6)102-45-100-70(92)73(7,8)9)66(88)55-41-52-40-54(52)65(55)68(90)80-56(27-30-61(77)84)47(3)98-42-50-20-18-48(19-21-50)15-13-32-78-64(87)43-97-37-36-96-35-34-95-33-14-16-49-22-28-58-60(39-49)82(10)71(93)83(58)59-29-31-62(85)81-67(59)89/h18-26,28,38-39,47,52,54-57,59,65H,11-17,27,29-37,40-45H2,1-10H3,(H2,77,84)(H,78,87)(H,79,86)(H,80,90)(H,81,85,89)/b46-38+/t47-,52-,54-,55?,56+,57?,59?,65-/m1/s1. The van der Waals surface area contributed by atoms with Crippen LogP contribution in [0.2, 0.25) is 0 Å². The summed E-state index contributed by atoms with van der Waals surface area (Å²) in [5, 5.41) is 11.2. The number of nitrogens with two attached hydrogens (primary N) is 1. The van der Waals surface area contributed by atoms with Gasteiger partial charge in [-0.2, -0.15) is 8.78 Å². The predicted molar refractivity (Wildman–Crippen MR) is 376 cm³/mol. The van der Waals surface area contributed by atoms with E-state index in [0.29, 0.717) is 100 Å². The molecule has 3 unspecified atom stereocenters. The van der Waals surface area contributed by atoms with Crippen LogP contribution in [0.4, 0.5) is 8.78 Å². The number of nitrogens with zero attached hydrogens (tertiary/aromatic N) is 2. The molecule has 566 valence electrons. The number of primary amides is 1. The number of aromatic nitrogens is 2. The largest absolute Gasteiger partial charge is 0.438 e. The highest BCUT2D eigenvalue weighted by atomic mass is 31.2. The number of carbonyl (C=O) groups excluding carboxylic acids is 9. The number of hydrogen-bond donors (Lipinski definition) is 5. The number of halogens is 2. The van der Waals surface area contributed by atoms with Crippen LogP contribution < -0.4 is 32.7 Å². The number of hydrogen-bond acceptors (Lipinski definition) is 19. The molecular weight excluding hydrogens is 1360 g/mol. The summed E-state index contributed by atoms with van der Waals surface area (Å²) in [7, 11) is -3.93. The maximum atomic E-state index is 16.3. The van der Waals surface area contributed by atoms with Gasteiger partial charge in [0.05, 0.1) is 79.0 Å². The SMILES string of the molecule is CCCCC(NC(=O)/C=C(\C)c1ccc(C(F)(F)P(=O)(OCOC(=O)C(C)(C)C)OCOC(=O)C(C)(C)C)cc1)C(=O)C1C[C@H]2C[C@H]2[C@H]1C(=O)N[C@@H](CCC(N)=O)[C@@H](C)OCc1ccc(CCCNC(=O)COCCOCCOCCCc2ccc3c(c2)n(C)c(=O)n3C2CCC(=O)NC2=O)cc1. The number of nitrogens with one attached hydrogen (secondary N) is 4. The van der Waals surface area contributed by atoms with E-state index < -0.39 is 109 Å². The first-order valence-corrected chi connectivity index (χ1v) is 36.8. The summed E-state index contributed by atoms with van der Waals surface area (Å²) in [6, 6.07) is 15.6. The van der Waals surface area contributed by atoms with E-state index >= 15 is 8.78 Å². The smallest absolute Gasteiger partial charge is 0.410 e. The van der Waals surface area contributed by atoms with E-state index in [2.05, 4.69) is 21.3 Å². The second kappa shape index (κ2) is 37.7. The van der Waals surface area contributed by atoms with Crippen LogP contribution in [0.25, 0.3) is 16.6 Å². The van der Waals surface area contributed by atoms with Gasteiger partial charge in [0.15, 0.2) is 5.78 Å². The molecule has 1 aliphatic heterocycles. The Morgan fingerprint density at radius 2 is 1.37 bits per heavy atom. The fourth-order valence-electron chi connectivity index (χ4n) is 12.4. The number of imide groups is 1. The molecule has 1 aromatic heterocycles. The van der Waals surface area contributed by atoms with E-state index in [9.17, 15) is 52.5 Å². The van der Waals surface area contributed by atoms with Gasteiger partial charge in [-0.05, 0) is 165 Å². The Morgan fingerprint density at radius 1 is 0.757 bits per heavy atom. The summed E-state index contributed by atoms with van der Waals surface area (Å²) in [5.74, 6) is -5.87. The number of rotatable bonds is 42. The average molecular weight is 1460 g/mol. The molecule has 3 aromatic carbocycles. The lowest BCUT2D eigenvalue weighted by molar-refractivity contribution is -0.163. The predicted octanol–water partition coefficient (Wildman–Crippen LogP) is 8.69. The highest BCUT2D eigenvalue weighted by molar-refractivity contribution is 7.54. The second-order valence-electron chi connectivity index (χ2n) is 28.7. The van der Waals surface area contributed by atoms with E-state index in [1.807, 2.05) is 49.4 Å². The van der Waals surface area contributed by atoms with Crippen LogP contribution in [0, 0.1) is 34.5 Å². The summed E-state index contributed by atoms with van der Waals surface area (Å²) < 4.78 is 92.3. The number of piperidine rings is 1. The Labute approximate surface area is 599 Å². The van der Waals surface area contributed by atoms with E-state index in [0.717, 1.165) is 41.7 Å². The number of benzene rings is 3. The summed E-state index contributed by atoms with van der Waals surface area (Å²) >= 11 is 0. The first-order valence-electron chi connectivity index (χ1n) is 35.3. The Morgan fingerprint density at radius 3 is 1.99 bits per heavy atom. The van der Waals surface area contributed by atoms with E-state index in [1.54, 1.807) is 20.9 Å². The van der Waals surface area contributed by atoms with Crippen molar-refractivity contribution in [2.75, 3.05) is 59.8 Å². The lowest BCUT2D eigenvalue weighted by Crippen LogP contribution is -2.50. The first-order chi connectivity index (χ1) is 48.7. The average Bonchev–Trinajstić information content (AvgIpc) is 1.62. The molecule has 0 bridgehead atoms. The van der Waals surface area contributed by atoms with E-state index in [1.165, 1.54) is 68.9 Å². The lowest BCUT2D eigenvalue weighted by atomic mass is 9.82. The van der Waals surface area contributed by atoms with Crippen molar-refractivity contribution in [2.24, 2.45) is 47.3 Å². The van der Waals surface area contributed by atoms with Gasteiger partial charge in [-0.1, -0.05) is 74.4 Å². The number of allylic oxidation sites excluding steroid dienone is 1. The molecule has 0 radical (unpaired) electrons. The van der Waals surface area contributed by atoms with Gasteiger partial charge >= 0.3 is 30.9 Å². The molecule has 6 amide bonds. The molecule has 4 aromatic rings. The van der Waals surface area contributed by atoms with Gasteiger partial charge in [-0.25, -0.2) is 4.79 Å². The molecule has 7 rings (SSSR count). The van der Waals surface area contributed by atoms with Crippen molar-refractivity contribution in [3.8, 4) is 0 Å². The van der Waals surface area contributed by atoms with Crippen LogP contribution >= 0.6 is 7.60 Å². The zero-order valence-electron chi connectivity index (χ0n) is 60.7. The number of alkyl halides is 2. The maximum absolute atomic E-state index is 16.3. The molecule has 26 nitrogen and oxygen atoms in total. The molecule has 8 atom stereocenters. The Hall–Kier alpha value is -7.85. The molecular formula is C74H102F2N7O19P. The molecule has 2 aliphatic carbocycles. The molecule has 29 heteroatoms. The summed E-state index contributed by atoms with van der Waals surface area (Å²) in [6.45, 7) is 14.3. The minimum atomic E-state index is -5.60. The third kappa shape index (κ3) is 23.6. The number of fused-ring (bicyclic) bond motifs is 2. The number of amides is 6. The Kier molecular flexibility index (Phi) is 30.2. The van der Waals surface area contributed by atoms with Crippen molar-refractivity contribution in [1.29, 1.82) is 0 Å². The highest BCUT2D eigenvalue weighted by Gasteiger charge is 2.59. The Balaban J connectivity index is 0.809. The molecule has 1 saturated heterocycles. The van der Waals surface area contributed by atoms with Crippen molar-refractivity contribution >= 4 is 77.4 Å². The van der Waals surface area contributed by atoms with Gasteiger partial charge in [0.25, 0.3) is 0 Å². The lowest BCUT2D eigenvalue weighted by Gasteiger charge is -2.30. The number of carbonyl (C=O) groups is 9. The van der Waals surface area contributed by atoms with Gasteiger partial charge in [-0.15, -0.1) is 0 Å². The number of esters is 2. The third-order valence-electron chi connectivity index (χ3n) is 18.5. The van der Waals surface area contributed by atoms with Crippen LogP contribution in [0.5, 0.6) is 0 Å². The molecule has 2 heterocycles. The second-order valence-corrected chi connectivity index (χ2v) is 30.8. The quantitative estimate of drug-likeness (QED) is 0.00691. The fourth-order valence-corrected chi connectivity index (χ4v) is 13.6. The van der Waals surface area contributed by atoms with Crippen molar-refractivity contribution in [2.45, 2.75) is 182 Å². The van der Waals surface area contributed by atoms with Crippen LogP contribution in [0.1, 0.15) is 167 Å². The molecule has 0 spiro atoms. The van der Waals surface area contributed by atoms with Gasteiger partial charge in [-0.3, -0.25) is 71.2 Å². The topological polar surface area (TPSA) is 346 Å². The molecule has 2 saturated carbocycles. The third-order valence-corrected chi connectivity index (χ3v) is 20.4. The number of Topliss-reactive ketones (excluding diaryl/α,β-unsaturated/α-hetero) is 1. The van der Waals surface area contributed by atoms with E-state index in [-0.39, 0.29) is 86.5 Å². The monoisotopic (exact) mass is 1460 g/mol. The molecule has 3 aliphatic rings. The van der Waals surface area contributed by atoms with Gasteiger partial charge in [0, 0.05) is 50.6 Å². The number of imidazole rings is 1. The number of aryl methyl sites for hydroxylation is 3. The van der Waals surface area contributed by atoms with Crippen LogP contribution in [0.3, 0.4) is 0 Å². The normalized spacial score (nSPS) is 18.7. The van der Waals surface area contributed by atoms with Crippen molar-refractivity contribution in [3.63, 3.8) is 0 Å². The molecule has 3 fully saturated rings. The minimum Gasteiger partial charge on any atom is -0.438 e. The first kappa shape index (κ1) is 82.4. The maximum Gasteiger partial charge on any atom is 0.410 e. The van der Waals surface area contributed by atoms with Crippen molar-refractivity contribution in [1.82, 2.24) is 30.4 Å². The van der Waals surface area contributed by atoms with Crippen molar-refractivity contribution < 1.29 is 94.0 Å². The fraction of sp³-hybridized carbons (Fsp3) is 0.595. The molecule has 103 heavy (non-hydrogen) atoms. The number of ether oxygens (including phenoxy) is 6. The minimum absolute atomic E-state index is 0.0320. The molecule has 6 N–H and O–H groups in total. The number of ketones is 1. The van der Waals surface area contributed by atoms with E-state index in [4.69, 9.17) is 43.2 Å². The van der Waals surface area contributed by atoms with Crippen LogP contribution in [-0.2, 0) is 117 Å². The zero-order valence-corrected chi connectivity index (χ0v) is 61.6. The van der Waals surface area contributed by atoms with Crippen LogP contribution in [-0.4, -0.2) is 140 Å². The van der Waals surface area contributed by atoms with Gasteiger partial charge in [0.1, 0.15) is 12.6 Å². The summed E-state index contributed by atoms with van der Waals surface area (Å²) in [4.78, 5) is 129. The summed E-state index contributed by atoms with van der Waals surface area (Å²) in [5.41, 5.74) is 2.88. The summed E-state index contributed by atoms with van der Waals surface area (Å²) in [6.07, 6.45) is 6.87. The van der Waals surface area contributed by atoms with Gasteiger partial charge in [0.2, 0.25) is 49.0 Å². The highest BCUT2D eigenvalue weighted by Crippen LogP contribution is 2.67. The van der Waals surface area contributed by atoms with Crippen LogP contribution in [0.15, 0.2) is 77.6 Å².